The second-order valence-corrected chi connectivity index (χ2v) is 11.5. The first kappa shape index (κ1) is 22.3. The van der Waals surface area contributed by atoms with Gasteiger partial charge in [0.2, 0.25) is 21.8 Å². The number of likely N-dealkylation sites (tertiary alicyclic amines) is 3. The molecule has 0 aromatic heterocycles. The van der Waals surface area contributed by atoms with Crippen LogP contribution in [-0.4, -0.2) is 72.2 Å². The molecule has 4 fully saturated rings. The lowest BCUT2D eigenvalue weighted by Crippen LogP contribution is -2.53. The number of nitrogens with two attached hydrogens (primary N) is 1. The number of fused-ring (bicyclic) bond motifs is 3. The Morgan fingerprint density at radius 1 is 1.27 bits per heavy atom. The van der Waals surface area contributed by atoms with Gasteiger partial charge in [-0.05, 0) is 49.8 Å². The highest BCUT2D eigenvalue weighted by atomic mass is 32.2. The summed E-state index contributed by atoms with van der Waals surface area (Å²) in [6.07, 6.45) is 2.49. The van der Waals surface area contributed by atoms with E-state index in [9.17, 15) is 23.3 Å². The van der Waals surface area contributed by atoms with Crippen molar-refractivity contribution in [1.82, 2.24) is 14.7 Å². The Labute approximate surface area is 194 Å². The second-order valence-electron chi connectivity index (χ2n) is 9.99. The molecule has 1 aliphatic carbocycles. The molecule has 9 nitrogen and oxygen atoms in total. The van der Waals surface area contributed by atoms with Crippen molar-refractivity contribution in [3.63, 3.8) is 0 Å². The highest BCUT2D eigenvalue weighted by Crippen LogP contribution is 2.48. The number of hydrogen-bond acceptors (Lipinski definition) is 6. The van der Waals surface area contributed by atoms with E-state index in [1.807, 2.05) is 24.8 Å². The van der Waals surface area contributed by atoms with Crippen molar-refractivity contribution in [2.45, 2.75) is 68.2 Å². The first-order valence-electron chi connectivity index (χ1n) is 11.5. The zero-order valence-electron chi connectivity index (χ0n) is 18.8. The third kappa shape index (κ3) is 3.72. The third-order valence-electron chi connectivity index (χ3n) is 7.84. The van der Waals surface area contributed by atoms with Gasteiger partial charge >= 0.3 is 0 Å². The number of hydrogen-bond donors (Lipinski definition) is 1. The number of benzene rings is 1. The number of nitrogens with zero attached hydrogens (tertiary/aromatic N) is 4. The molecule has 10 heteroatoms. The van der Waals surface area contributed by atoms with Crippen LogP contribution in [0.4, 0.5) is 0 Å². The summed E-state index contributed by atoms with van der Waals surface area (Å²) in [6, 6.07) is 8.09. The fraction of sp³-hybridized carbons (Fsp3) is 0.609. The van der Waals surface area contributed by atoms with Gasteiger partial charge in [-0.1, -0.05) is 19.1 Å². The summed E-state index contributed by atoms with van der Waals surface area (Å²) in [4.78, 5) is 32.1. The monoisotopic (exact) mass is 471 g/mol. The van der Waals surface area contributed by atoms with Crippen molar-refractivity contribution in [1.29, 1.82) is 5.26 Å². The lowest BCUT2D eigenvalue weighted by atomic mass is 10.0. The molecule has 0 spiro atoms. The molecule has 33 heavy (non-hydrogen) atoms. The van der Waals surface area contributed by atoms with Gasteiger partial charge in [0.05, 0.1) is 23.0 Å². The molecule has 0 radical (unpaired) electrons. The number of piperazine rings is 1. The molecule has 5 rings (SSSR count). The highest BCUT2D eigenvalue weighted by molar-refractivity contribution is 7.89. The summed E-state index contributed by atoms with van der Waals surface area (Å²) in [5.41, 5.74) is 0.730. The minimum Gasteiger partial charge on any atom is -0.330 e. The van der Waals surface area contributed by atoms with Crippen molar-refractivity contribution in [2.24, 2.45) is 17.0 Å². The summed E-state index contributed by atoms with van der Waals surface area (Å²) in [5.74, 6) is 0.243. The lowest BCUT2D eigenvalue weighted by Gasteiger charge is -2.38. The van der Waals surface area contributed by atoms with E-state index < -0.39 is 10.0 Å². The predicted octanol–water partition coefficient (Wildman–Crippen LogP) is 0.829. The van der Waals surface area contributed by atoms with Crippen molar-refractivity contribution in [2.75, 3.05) is 13.1 Å². The molecule has 3 heterocycles. The van der Waals surface area contributed by atoms with Crippen LogP contribution in [0.2, 0.25) is 0 Å². The molecule has 1 aromatic carbocycles. The molecule has 1 saturated carbocycles. The molecule has 1 aromatic rings. The number of rotatable bonds is 6. The van der Waals surface area contributed by atoms with Crippen molar-refractivity contribution in [3.05, 3.63) is 29.8 Å². The fourth-order valence-electron chi connectivity index (χ4n) is 6.08. The topological polar surface area (TPSA) is 128 Å². The van der Waals surface area contributed by atoms with Gasteiger partial charge in [0.15, 0.2) is 0 Å². The van der Waals surface area contributed by atoms with E-state index >= 15 is 0 Å². The molecule has 1 unspecified atom stereocenters. The van der Waals surface area contributed by atoms with Gasteiger partial charge in [-0.3, -0.25) is 14.5 Å². The normalized spacial score (nSPS) is 32.5. The number of carbonyl (C=O) groups is 2. The van der Waals surface area contributed by atoms with Crippen molar-refractivity contribution in [3.8, 4) is 6.07 Å². The number of sulfonamides is 1. The predicted molar refractivity (Wildman–Crippen MR) is 119 cm³/mol. The van der Waals surface area contributed by atoms with Gasteiger partial charge in [0, 0.05) is 31.1 Å². The summed E-state index contributed by atoms with van der Waals surface area (Å²) in [7, 11) is -3.82. The molecule has 3 aliphatic heterocycles. The standard InChI is InChI=1S/C23H29N5O4S/c1-13(22(29)28-17(10-24)6-16-8-20(16)28)11-26-12-18-9-21(26)23(30)27(18)14(2)15-4-3-5-19(7-15)33(25,31)32/h3-5,7,13-14,16-18,20-21H,6,8-9,11-12H2,1-2H3,(H2,25,31,32)/t13-,14+,16+,17-,18+,20?,21+/m0/s1. The van der Waals surface area contributed by atoms with E-state index in [0.717, 1.165) is 18.4 Å². The Morgan fingerprint density at radius 3 is 2.70 bits per heavy atom. The first-order chi connectivity index (χ1) is 15.6. The van der Waals surface area contributed by atoms with E-state index in [1.54, 1.807) is 11.0 Å². The van der Waals surface area contributed by atoms with Gasteiger partial charge < -0.3 is 9.80 Å². The molecule has 7 atom stereocenters. The van der Waals surface area contributed by atoms with Crippen LogP contribution in [0.1, 0.15) is 44.7 Å². The molecule has 2 N–H and O–H groups in total. The molecular formula is C23H29N5O4S. The molecule has 4 aliphatic rings. The Bertz CT molecular complexity index is 1150. The summed E-state index contributed by atoms with van der Waals surface area (Å²) in [6.45, 7) is 4.97. The number of piperidine rings is 1. The van der Waals surface area contributed by atoms with Crippen LogP contribution < -0.4 is 5.14 Å². The third-order valence-corrected chi connectivity index (χ3v) is 8.75. The lowest BCUT2D eigenvalue weighted by molar-refractivity contribution is -0.142. The summed E-state index contributed by atoms with van der Waals surface area (Å²) < 4.78 is 23.4. The van der Waals surface area contributed by atoms with E-state index in [1.165, 1.54) is 12.1 Å². The van der Waals surface area contributed by atoms with E-state index in [2.05, 4.69) is 11.0 Å². The van der Waals surface area contributed by atoms with E-state index in [-0.39, 0.29) is 52.8 Å². The second kappa shape index (κ2) is 7.79. The van der Waals surface area contributed by atoms with Crippen molar-refractivity contribution >= 4 is 21.8 Å². The molecular weight excluding hydrogens is 442 g/mol. The highest BCUT2D eigenvalue weighted by Gasteiger charge is 2.55. The summed E-state index contributed by atoms with van der Waals surface area (Å²) >= 11 is 0. The van der Waals surface area contributed by atoms with Gasteiger partial charge in [-0.2, -0.15) is 5.26 Å². The largest absolute Gasteiger partial charge is 0.330 e. The quantitative estimate of drug-likeness (QED) is 0.655. The van der Waals surface area contributed by atoms with Crippen LogP contribution >= 0.6 is 0 Å². The average Bonchev–Trinajstić information content (AvgIpc) is 3.11. The van der Waals surface area contributed by atoms with Crippen LogP contribution in [0.15, 0.2) is 29.2 Å². The van der Waals surface area contributed by atoms with E-state index in [4.69, 9.17) is 5.14 Å². The number of carbonyl (C=O) groups excluding carboxylic acids is 2. The van der Waals surface area contributed by atoms with Crippen LogP contribution in [0, 0.1) is 23.2 Å². The molecule has 2 bridgehead atoms. The van der Waals surface area contributed by atoms with Gasteiger partial charge in [-0.25, -0.2) is 13.6 Å². The molecule has 2 amide bonds. The van der Waals surface area contributed by atoms with Crippen molar-refractivity contribution < 1.29 is 18.0 Å². The minimum atomic E-state index is -3.82. The van der Waals surface area contributed by atoms with Crippen LogP contribution in [-0.2, 0) is 19.6 Å². The van der Waals surface area contributed by atoms with Crippen LogP contribution in [0.3, 0.4) is 0 Å². The Balaban J connectivity index is 1.25. The number of amides is 2. The zero-order chi connectivity index (χ0) is 23.7. The SMILES string of the molecule is C[C@H](c1cccc(S(N)(=O)=O)c1)N1C(=O)[C@H]2C[C@@H]1CN2C[C@H](C)C(=O)N1C2C[C@H]2C[C@H]1C#N. The Hall–Kier alpha value is -2.48. The van der Waals surface area contributed by atoms with Crippen LogP contribution in [0.25, 0.3) is 0 Å². The van der Waals surface area contributed by atoms with Gasteiger partial charge in [-0.15, -0.1) is 0 Å². The van der Waals surface area contributed by atoms with E-state index in [0.29, 0.717) is 25.4 Å². The number of primary sulfonamides is 1. The zero-order valence-corrected chi connectivity index (χ0v) is 19.6. The van der Waals surface area contributed by atoms with Gasteiger partial charge in [0.1, 0.15) is 6.04 Å². The fourth-order valence-corrected chi connectivity index (χ4v) is 6.65. The number of nitriles is 1. The van der Waals surface area contributed by atoms with Crippen LogP contribution in [0.5, 0.6) is 0 Å². The first-order valence-corrected chi connectivity index (χ1v) is 13.1. The van der Waals surface area contributed by atoms with Gasteiger partial charge in [0.25, 0.3) is 0 Å². The molecule has 3 saturated heterocycles. The minimum absolute atomic E-state index is 0.0118. The smallest absolute Gasteiger partial charge is 0.240 e. The Kier molecular flexibility index (Phi) is 5.27. The summed E-state index contributed by atoms with van der Waals surface area (Å²) in [5, 5.41) is 14.7. The maximum absolute atomic E-state index is 13.2. The molecule has 176 valence electrons. The maximum atomic E-state index is 13.2. The average molecular weight is 472 g/mol. The Morgan fingerprint density at radius 2 is 2.03 bits per heavy atom. The maximum Gasteiger partial charge on any atom is 0.240 e.